The molecule has 0 spiro atoms. The monoisotopic (exact) mass is 287 g/mol. The van der Waals surface area contributed by atoms with E-state index >= 15 is 0 Å². The molecule has 0 bridgehead atoms. The van der Waals surface area contributed by atoms with Crippen LogP contribution >= 0.6 is 0 Å². The lowest BCUT2D eigenvalue weighted by molar-refractivity contribution is 0.171. The summed E-state index contributed by atoms with van der Waals surface area (Å²) in [6.45, 7) is 2.04. The molecular formula is C15H17N3O3. The van der Waals surface area contributed by atoms with Gasteiger partial charge in [-0.05, 0) is 31.0 Å². The van der Waals surface area contributed by atoms with Crippen LogP contribution in [0.15, 0.2) is 22.6 Å². The molecule has 1 N–H and O–H groups in total. The summed E-state index contributed by atoms with van der Waals surface area (Å²) in [4.78, 5) is 0. The molecule has 0 atom stereocenters. The lowest BCUT2D eigenvalue weighted by Gasteiger charge is -2.18. The average Bonchev–Trinajstić information content (AvgIpc) is 3.23. The van der Waals surface area contributed by atoms with Crippen LogP contribution in [-0.2, 0) is 6.42 Å². The first kappa shape index (κ1) is 12.6. The molecule has 0 unspecified atom stereocenters. The van der Waals surface area contributed by atoms with E-state index in [0.29, 0.717) is 31.0 Å². The molecule has 1 aliphatic carbocycles. The standard InChI is InChI=1S/C15H17N3O3/c1-4-12-13(20-8-7-19-12)9-10(1)15-18-17-14(21-15)5-6-16-11-2-3-11/h1,4,9,11,16H,2-3,5-8H2. The molecule has 0 radical (unpaired) electrons. The highest BCUT2D eigenvalue weighted by molar-refractivity contribution is 5.59. The summed E-state index contributed by atoms with van der Waals surface area (Å²) in [5, 5.41) is 11.6. The minimum absolute atomic E-state index is 0.522. The highest BCUT2D eigenvalue weighted by atomic mass is 16.6. The predicted molar refractivity (Wildman–Crippen MR) is 75.5 cm³/mol. The summed E-state index contributed by atoms with van der Waals surface area (Å²) in [5.41, 5.74) is 0.855. The van der Waals surface area contributed by atoms with E-state index in [1.54, 1.807) is 0 Å². The maximum absolute atomic E-state index is 5.70. The first-order valence-corrected chi connectivity index (χ1v) is 7.34. The normalized spacial score (nSPS) is 17.0. The highest BCUT2D eigenvalue weighted by Gasteiger charge is 2.20. The van der Waals surface area contributed by atoms with Gasteiger partial charge in [-0.2, -0.15) is 0 Å². The summed E-state index contributed by atoms with van der Waals surface area (Å²) in [7, 11) is 0. The number of nitrogens with one attached hydrogen (secondary N) is 1. The van der Waals surface area contributed by atoms with Gasteiger partial charge in [-0.15, -0.1) is 10.2 Å². The van der Waals surface area contributed by atoms with Crippen LogP contribution < -0.4 is 14.8 Å². The Balaban J connectivity index is 1.46. The maximum Gasteiger partial charge on any atom is 0.247 e. The Morgan fingerprint density at radius 2 is 1.95 bits per heavy atom. The molecule has 1 fully saturated rings. The van der Waals surface area contributed by atoms with Gasteiger partial charge in [0.2, 0.25) is 11.8 Å². The van der Waals surface area contributed by atoms with Crippen LogP contribution in [0.1, 0.15) is 18.7 Å². The van der Waals surface area contributed by atoms with E-state index in [2.05, 4.69) is 15.5 Å². The summed E-state index contributed by atoms with van der Waals surface area (Å²) < 4.78 is 16.8. The van der Waals surface area contributed by atoms with Gasteiger partial charge < -0.3 is 19.2 Å². The topological polar surface area (TPSA) is 69.4 Å². The number of aromatic nitrogens is 2. The number of hydrogen-bond donors (Lipinski definition) is 1. The van der Waals surface area contributed by atoms with Gasteiger partial charge in [0, 0.05) is 24.6 Å². The summed E-state index contributed by atoms with van der Waals surface area (Å²) >= 11 is 0. The number of benzene rings is 1. The van der Waals surface area contributed by atoms with E-state index in [9.17, 15) is 0 Å². The number of ether oxygens (including phenoxy) is 2. The molecule has 4 rings (SSSR count). The summed E-state index contributed by atoms with van der Waals surface area (Å²) in [5.74, 6) is 2.67. The lowest BCUT2D eigenvalue weighted by Crippen LogP contribution is -2.19. The van der Waals surface area contributed by atoms with Crippen LogP contribution in [0.3, 0.4) is 0 Å². The van der Waals surface area contributed by atoms with Crippen LogP contribution in [0.25, 0.3) is 11.5 Å². The third kappa shape index (κ3) is 2.85. The summed E-state index contributed by atoms with van der Waals surface area (Å²) in [6, 6.07) is 6.37. The van der Waals surface area contributed by atoms with Crippen molar-refractivity contribution in [3.05, 3.63) is 24.1 Å². The van der Waals surface area contributed by atoms with Crippen molar-refractivity contribution in [3.63, 3.8) is 0 Å². The fourth-order valence-electron chi connectivity index (χ4n) is 2.32. The molecule has 6 nitrogen and oxygen atoms in total. The molecule has 0 saturated heterocycles. The van der Waals surface area contributed by atoms with Crippen LogP contribution in [0.5, 0.6) is 11.5 Å². The third-order valence-electron chi connectivity index (χ3n) is 3.61. The first-order valence-electron chi connectivity index (χ1n) is 7.34. The zero-order valence-corrected chi connectivity index (χ0v) is 11.7. The molecule has 1 aromatic heterocycles. The second-order valence-corrected chi connectivity index (χ2v) is 5.34. The number of rotatable bonds is 5. The smallest absolute Gasteiger partial charge is 0.247 e. The molecule has 1 aliphatic heterocycles. The molecule has 21 heavy (non-hydrogen) atoms. The molecule has 2 aliphatic rings. The van der Waals surface area contributed by atoms with E-state index in [0.717, 1.165) is 30.0 Å². The average molecular weight is 287 g/mol. The van der Waals surface area contributed by atoms with Crippen molar-refractivity contribution >= 4 is 0 Å². The van der Waals surface area contributed by atoms with E-state index < -0.39 is 0 Å². The fourth-order valence-corrected chi connectivity index (χ4v) is 2.32. The van der Waals surface area contributed by atoms with Crippen molar-refractivity contribution in [1.82, 2.24) is 15.5 Å². The van der Waals surface area contributed by atoms with Crippen LogP contribution in [0.2, 0.25) is 0 Å². The van der Waals surface area contributed by atoms with Crippen LogP contribution in [-0.4, -0.2) is 36.0 Å². The SMILES string of the molecule is c1cc2c(cc1-c1nnc(CCNC3CC3)o1)OCCO2. The van der Waals surface area contributed by atoms with Crippen molar-refractivity contribution in [2.45, 2.75) is 25.3 Å². The number of hydrogen-bond acceptors (Lipinski definition) is 6. The maximum atomic E-state index is 5.70. The van der Waals surface area contributed by atoms with Gasteiger partial charge in [0.1, 0.15) is 13.2 Å². The van der Waals surface area contributed by atoms with Crippen molar-refractivity contribution in [3.8, 4) is 23.0 Å². The largest absolute Gasteiger partial charge is 0.486 e. The van der Waals surface area contributed by atoms with Crippen molar-refractivity contribution in [2.75, 3.05) is 19.8 Å². The quantitative estimate of drug-likeness (QED) is 0.904. The second-order valence-electron chi connectivity index (χ2n) is 5.34. The number of nitrogens with zero attached hydrogens (tertiary/aromatic N) is 2. The van der Waals surface area contributed by atoms with Gasteiger partial charge in [0.15, 0.2) is 11.5 Å². The van der Waals surface area contributed by atoms with Gasteiger partial charge in [0.05, 0.1) is 0 Å². The third-order valence-corrected chi connectivity index (χ3v) is 3.61. The minimum Gasteiger partial charge on any atom is -0.486 e. The predicted octanol–water partition coefficient (Wildman–Crippen LogP) is 1.80. The van der Waals surface area contributed by atoms with Gasteiger partial charge in [-0.25, -0.2) is 0 Å². The van der Waals surface area contributed by atoms with Crippen LogP contribution in [0, 0.1) is 0 Å². The van der Waals surface area contributed by atoms with E-state index in [-0.39, 0.29) is 0 Å². The minimum atomic E-state index is 0.522. The number of fused-ring (bicyclic) bond motifs is 1. The van der Waals surface area contributed by atoms with Crippen molar-refractivity contribution < 1.29 is 13.9 Å². The van der Waals surface area contributed by atoms with E-state index in [4.69, 9.17) is 13.9 Å². The van der Waals surface area contributed by atoms with Gasteiger partial charge in [-0.3, -0.25) is 0 Å². The molecular weight excluding hydrogens is 270 g/mol. The van der Waals surface area contributed by atoms with E-state index in [1.807, 2.05) is 18.2 Å². The molecule has 2 heterocycles. The van der Waals surface area contributed by atoms with Crippen molar-refractivity contribution in [1.29, 1.82) is 0 Å². The molecule has 110 valence electrons. The summed E-state index contributed by atoms with van der Waals surface area (Å²) in [6.07, 6.45) is 3.33. The second kappa shape index (κ2) is 5.37. The Morgan fingerprint density at radius 3 is 2.81 bits per heavy atom. The molecule has 6 heteroatoms. The van der Waals surface area contributed by atoms with Gasteiger partial charge >= 0.3 is 0 Å². The Hall–Kier alpha value is -2.08. The zero-order valence-electron chi connectivity index (χ0n) is 11.7. The molecule has 0 amide bonds. The molecule has 2 aromatic rings. The van der Waals surface area contributed by atoms with Gasteiger partial charge in [0.25, 0.3) is 0 Å². The molecule has 1 aromatic carbocycles. The van der Waals surface area contributed by atoms with Crippen molar-refractivity contribution in [2.24, 2.45) is 0 Å². The first-order chi connectivity index (χ1) is 10.4. The Labute approximate surface area is 122 Å². The fraction of sp³-hybridized carbons (Fsp3) is 0.467. The highest BCUT2D eigenvalue weighted by Crippen LogP contribution is 2.34. The Kier molecular flexibility index (Phi) is 3.23. The van der Waals surface area contributed by atoms with E-state index in [1.165, 1.54) is 12.8 Å². The Bertz CT molecular complexity index is 637. The van der Waals surface area contributed by atoms with Crippen LogP contribution in [0.4, 0.5) is 0 Å². The van der Waals surface area contributed by atoms with Gasteiger partial charge in [-0.1, -0.05) is 0 Å². The molecule has 1 saturated carbocycles. The Morgan fingerprint density at radius 1 is 1.10 bits per heavy atom. The lowest BCUT2D eigenvalue weighted by atomic mass is 10.2. The zero-order chi connectivity index (χ0) is 14.1.